The Labute approximate surface area is 190 Å². The lowest BCUT2D eigenvalue weighted by molar-refractivity contribution is -0.130. The standard InChI is InChI=1S/C23H26N4O4S/c1-14(21(28)24-11-17-9-6-8-16-7-4-5-10-18(16)17)25-22(29)19(12-31-3)27-23(30)20-13-32-15(2)26-20/h4-10,13-14,19H,11-12H2,1-3H3,(H,24,28)(H,25,29)(H,27,30). The summed E-state index contributed by atoms with van der Waals surface area (Å²) in [5, 5.41) is 12.6. The number of methoxy groups -OCH3 is 1. The van der Waals surface area contributed by atoms with Crippen molar-refractivity contribution in [3.63, 3.8) is 0 Å². The Morgan fingerprint density at radius 2 is 1.81 bits per heavy atom. The van der Waals surface area contributed by atoms with E-state index in [1.165, 1.54) is 18.4 Å². The summed E-state index contributed by atoms with van der Waals surface area (Å²) in [7, 11) is 1.43. The molecule has 0 spiro atoms. The molecule has 0 aliphatic carbocycles. The summed E-state index contributed by atoms with van der Waals surface area (Å²) < 4.78 is 5.06. The second-order valence-corrected chi connectivity index (χ2v) is 8.38. The third-order valence-electron chi connectivity index (χ3n) is 4.89. The van der Waals surface area contributed by atoms with Gasteiger partial charge in [-0.05, 0) is 30.2 Å². The van der Waals surface area contributed by atoms with Crippen molar-refractivity contribution in [2.75, 3.05) is 13.7 Å². The van der Waals surface area contributed by atoms with Gasteiger partial charge in [-0.1, -0.05) is 42.5 Å². The fourth-order valence-corrected chi connectivity index (χ4v) is 3.80. The number of aryl methyl sites for hydroxylation is 1. The van der Waals surface area contributed by atoms with Crippen molar-refractivity contribution in [2.24, 2.45) is 0 Å². The maximum absolute atomic E-state index is 12.7. The first-order valence-corrected chi connectivity index (χ1v) is 11.0. The lowest BCUT2D eigenvalue weighted by Gasteiger charge is -2.20. The molecule has 1 aromatic heterocycles. The monoisotopic (exact) mass is 454 g/mol. The van der Waals surface area contributed by atoms with Gasteiger partial charge in [-0.2, -0.15) is 0 Å². The molecule has 0 fully saturated rings. The molecule has 0 aliphatic rings. The summed E-state index contributed by atoms with van der Waals surface area (Å²) in [5.41, 5.74) is 1.22. The van der Waals surface area contributed by atoms with E-state index in [0.29, 0.717) is 6.54 Å². The Morgan fingerprint density at radius 3 is 2.53 bits per heavy atom. The number of nitrogens with zero attached hydrogens (tertiary/aromatic N) is 1. The van der Waals surface area contributed by atoms with E-state index in [2.05, 4.69) is 20.9 Å². The molecule has 3 rings (SSSR count). The topological polar surface area (TPSA) is 109 Å². The minimum atomic E-state index is -0.956. The van der Waals surface area contributed by atoms with Crippen LogP contribution in [0, 0.1) is 6.92 Å². The molecule has 2 aromatic carbocycles. The van der Waals surface area contributed by atoms with Gasteiger partial charge in [-0.3, -0.25) is 14.4 Å². The fourth-order valence-electron chi connectivity index (χ4n) is 3.21. The van der Waals surface area contributed by atoms with Gasteiger partial charge in [0.05, 0.1) is 11.6 Å². The van der Waals surface area contributed by atoms with Crippen LogP contribution in [0.3, 0.4) is 0 Å². The number of fused-ring (bicyclic) bond motifs is 1. The second kappa shape index (κ2) is 10.8. The van der Waals surface area contributed by atoms with Gasteiger partial charge in [-0.25, -0.2) is 4.98 Å². The summed E-state index contributed by atoms with van der Waals surface area (Å²) in [6.45, 7) is 3.68. The largest absolute Gasteiger partial charge is 0.382 e. The molecule has 0 radical (unpaired) electrons. The van der Waals surface area contributed by atoms with Gasteiger partial charge in [0.2, 0.25) is 11.8 Å². The molecule has 168 valence electrons. The summed E-state index contributed by atoms with van der Waals surface area (Å²) in [4.78, 5) is 41.7. The molecule has 2 atom stereocenters. The summed E-state index contributed by atoms with van der Waals surface area (Å²) >= 11 is 1.34. The number of benzene rings is 2. The summed E-state index contributed by atoms with van der Waals surface area (Å²) in [6.07, 6.45) is 0. The number of rotatable bonds is 9. The Balaban J connectivity index is 1.57. The number of hydrogen-bond donors (Lipinski definition) is 3. The van der Waals surface area contributed by atoms with Gasteiger partial charge < -0.3 is 20.7 Å². The zero-order chi connectivity index (χ0) is 23.1. The lowest BCUT2D eigenvalue weighted by Crippen LogP contribution is -2.54. The van der Waals surface area contributed by atoms with Gasteiger partial charge in [0, 0.05) is 19.0 Å². The Bertz CT molecular complexity index is 1110. The first-order chi connectivity index (χ1) is 15.4. The van der Waals surface area contributed by atoms with Crippen LogP contribution in [0.15, 0.2) is 47.8 Å². The summed E-state index contributed by atoms with van der Waals surface area (Å²) in [6, 6.07) is 12.1. The Hall–Kier alpha value is -3.30. The van der Waals surface area contributed by atoms with Crippen LogP contribution >= 0.6 is 11.3 Å². The third kappa shape index (κ3) is 5.89. The number of aromatic nitrogens is 1. The minimum Gasteiger partial charge on any atom is -0.382 e. The quantitative estimate of drug-likeness (QED) is 0.459. The predicted molar refractivity (Wildman–Crippen MR) is 123 cm³/mol. The first-order valence-electron chi connectivity index (χ1n) is 10.2. The van der Waals surface area contributed by atoms with Crippen molar-refractivity contribution >= 4 is 39.8 Å². The van der Waals surface area contributed by atoms with E-state index in [9.17, 15) is 14.4 Å². The highest BCUT2D eigenvalue weighted by Gasteiger charge is 2.25. The highest BCUT2D eigenvalue weighted by molar-refractivity contribution is 7.09. The van der Waals surface area contributed by atoms with Gasteiger partial charge in [0.1, 0.15) is 17.8 Å². The van der Waals surface area contributed by atoms with Crippen molar-refractivity contribution < 1.29 is 19.1 Å². The molecule has 3 amide bonds. The molecule has 32 heavy (non-hydrogen) atoms. The van der Waals surface area contributed by atoms with E-state index in [-0.39, 0.29) is 18.2 Å². The number of hydrogen-bond acceptors (Lipinski definition) is 6. The van der Waals surface area contributed by atoms with Crippen LogP contribution in [0.25, 0.3) is 10.8 Å². The molecule has 0 aliphatic heterocycles. The highest BCUT2D eigenvalue weighted by atomic mass is 32.1. The van der Waals surface area contributed by atoms with E-state index >= 15 is 0 Å². The smallest absolute Gasteiger partial charge is 0.271 e. The summed E-state index contributed by atoms with van der Waals surface area (Å²) in [5.74, 6) is -1.32. The maximum atomic E-state index is 12.7. The molecule has 0 bridgehead atoms. The van der Waals surface area contributed by atoms with Gasteiger partial charge in [0.25, 0.3) is 5.91 Å². The molecule has 0 saturated heterocycles. The van der Waals surface area contributed by atoms with Crippen LogP contribution in [0.2, 0.25) is 0 Å². The molecule has 1 heterocycles. The van der Waals surface area contributed by atoms with Crippen LogP contribution in [0.5, 0.6) is 0 Å². The predicted octanol–water partition coefficient (Wildman–Crippen LogP) is 2.17. The van der Waals surface area contributed by atoms with Crippen molar-refractivity contribution in [1.29, 1.82) is 0 Å². The number of thiazole rings is 1. The second-order valence-electron chi connectivity index (χ2n) is 7.32. The average molecular weight is 455 g/mol. The van der Waals surface area contributed by atoms with Crippen LogP contribution in [-0.4, -0.2) is 48.5 Å². The van der Waals surface area contributed by atoms with Gasteiger partial charge in [-0.15, -0.1) is 11.3 Å². The number of carbonyl (C=O) groups excluding carboxylic acids is 3. The van der Waals surface area contributed by atoms with Crippen molar-refractivity contribution in [1.82, 2.24) is 20.9 Å². The van der Waals surface area contributed by atoms with Crippen molar-refractivity contribution in [2.45, 2.75) is 32.5 Å². The number of carbonyl (C=O) groups is 3. The normalized spacial score (nSPS) is 12.7. The zero-order valence-corrected chi connectivity index (χ0v) is 19.0. The zero-order valence-electron chi connectivity index (χ0n) is 18.2. The van der Waals surface area contributed by atoms with E-state index in [0.717, 1.165) is 21.3 Å². The van der Waals surface area contributed by atoms with E-state index < -0.39 is 23.9 Å². The van der Waals surface area contributed by atoms with Crippen LogP contribution in [0.1, 0.15) is 28.0 Å². The molecule has 0 saturated carbocycles. The van der Waals surface area contributed by atoms with Crippen LogP contribution in [0.4, 0.5) is 0 Å². The van der Waals surface area contributed by atoms with E-state index in [1.807, 2.05) is 42.5 Å². The van der Waals surface area contributed by atoms with Crippen LogP contribution in [-0.2, 0) is 20.9 Å². The van der Waals surface area contributed by atoms with E-state index in [4.69, 9.17) is 4.74 Å². The SMILES string of the molecule is COCC(NC(=O)c1csc(C)n1)C(=O)NC(C)C(=O)NCc1cccc2ccccc12. The molecular formula is C23H26N4O4S. The van der Waals surface area contributed by atoms with Crippen LogP contribution < -0.4 is 16.0 Å². The number of ether oxygens (including phenoxy) is 1. The van der Waals surface area contributed by atoms with E-state index in [1.54, 1.807) is 19.2 Å². The fraction of sp³-hybridized carbons (Fsp3) is 0.304. The molecule has 2 unspecified atom stereocenters. The Kier molecular flexibility index (Phi) is 7.91. The van der Waals surface area contributed by atoms with Gasteiger partial charge >= 0.3 is 0 Å². The van der Waals surface area contributed by atoms with Crippen molar-refractivity contribution in [3.8, 4) is 0 Å². The third-order valence-corrected chi connectivity index (χ3v) is 5.67. The lowest BCUT2D eigenvalue weighted by atomic mass is 10.0. The Morgan fingerprint density at radius 1 is 1.06 bits per heavy atom. The minimum absolute atomic E-state index is 0.0367. The first kappa shape index (κ1) is 23.4. The molecule has 8 nitrogen and oxygen atoms in total. The molecule has 3 N–H and O–H groups in total. The van der Waals surface area contributed by atoms with Crippen molar-refractivity contribution in [3.05, 3.63) is 64.1 Å². The van der Waals surface area contributed by atoms with Gasteiger partial charge in [0.15, 0.2) is 0 Å². The number of amides is 3. The number of nitrogens with one attached hydrogen (secondary N) is 3. The maximum Gasteiger partial charge on any atom is 0.271 e. The molecule has 3 aromatic rings. The molecule has 9 heteroatoms. The molecular weight excluding hydrogens is 428 g/mol. The average Bonchev–Trinajstić information content (AvgIpc) is 3.23. The highest BCUT2D eigenvalue weighted by Crippen LogP contribution is 2.18.